The molecule has 0 aromatic heterocycles. The molecule has 2 N–H and O–H groups in total. The molecule has 6 nitrogen and oxygen atoms in total. The summed E-state index contributed by atoms with van der Waals surface area (Å²) in [5.74, 6) is -4.70. The number of aliphatic hydroxyl groups is 2. The molecule has 0 saturated heterocycles. The molecule has 0 fully saturated rings. The van der Waals surface area contributed by atoms with Crippen LogP contribution in [-0.2, 0) is 25.5 Å². The van der Waals surface area contributed by atoms with Gasteiger partial charge in [0.25, 0.3) is 11.6 Å². The van der Waals surface area contributed by atoms with Crippen LogP contribution in [0.15, 0.2) is 84.9 Å². The summed E-state index contributed by atoms with van der Waals surface area (Å²) >= 11 is 0. The first kappa shape index (κ1) is 22.2. The van der Waals surface area contributed by atoms with Crippen LogP contribution in [0.1, 0.15) is 18.1 Å². The van der Waals surface area contributed by atoms with Gasteiger partial charge in [-0.1, -0.05) is 72.8 Å². The molecule has 0 aliphatic carbocycles. The lowest BCUT2D eigenvalue weighted by atomic mass is 9.86. The minimum Gasteiger partial charge on any atom is -0.455 e. The number of esters is 1. The number of hydrogen-bond acceptors (Lipinski definition) is 6. The Bertz CT molecular complexity index is 1100. The van der Waals surface area contributed by atoms with Crippen molar-refractivity contribution < 1.29 is 28.9 Å². The SMILES string of the molecule is CC(=O)OC1(O)c2ccccc2OC(O[Si](C)(C)c2ccccc2)(c2ccccc2)C1O. The topological polar surface area (TPSA) is 85.2 Å². The number of para-hydroxylation sites is 1. The average Bonchev–Trinajstić information content (AvgIpc) is 2.78. The molecule has 0 amide bonds. The van der Waals surface area contributed by atoms with E-state index in [-0.39, 0.29) is 11.3 Å². The van der Waals surface area contributed by atoms with E-state index in [1.807, 2.05) is 49.5 Å². The van der Waals surface area contributed by atoms with Gasteiger partial charge in [-0.15, -0.1) is 0 Å². The van der Waals surface area contributed by atoms with Gasteiger partial charge in [-0.3, -0.25) is 4.79 Å². The Kier molecular flexibility index (Phi) is 5.68. The van der Waals surface area contributed by atoms with E-state index >= 15 is 0 Å². The Hall–Kier alpha value is -2.97. The molecule has 1 aliphatic heterocycles. The largest absolute Gasteiger partial charge is 0.455 e. The van der Waals surface area contributed by atoms with Gasteiger partial charge in [0.15, 0.2) is 6.10 Å². The van der Waals surface area contributed by atoms with Gasteiger partial charge in [-0.05, 0) is 30.4 Å². The lowest BCUT2D eigenvalue weighted by molar-refractivity contribution is -0.338. The highest BCUT2D eigenvalue weighted by Crippen LogP contribution is 2.50. The van der Waals surface area contributed by atoms with Gasteiger partial charge in [-0.2, -0.15) is 0 Å². The van der Waals surface area contributed by atoms with Crippen LogP contribution in [0.25, 0.3) is 0 Å². The summed E-state index contributed by atoms with van der Waals surface area (Å²) in [5.41, 5.74) is 0.640. The van der Waals surface area contributed by atoms with Crippen molar-refractivity contribution in [3.63, 3.8) is 0 Å². The van der Waals surface area contributed by atoms with E-state index in [2.05, 4.69) is 0 Å². The predicted molar refractivity (Wildman–Crippen MR) is 122 cm³/mol. The monoisotopic (exact) mass is 450 g/mol. The molecule has 166 valence electrons. The van der Waals surface area contributed by atoms with Crippen LogP contribution in [0.3, 0.4) is 0 Å². The van der Waals surface area contributed by atoms with Crippen molar-refractivity contribution in [3.8, 4) is 5.75 Å². The number of rotatable bonds is 5. The molecule has 32 heavy (non-hydrogen) atoms. The molecule has 1 aliphatic rings. The highest BCUT2D eigenvalue weighted by Gasteiger charge is 2.63. The highest BCUT2D eigenvalue weighted by atomic mass is 28.4. The van der Waals surface area contributed by atoms with E-state index in [4.69, 9.17) is 13.9 Å². The Morgan fingerprint density at radius 2 is 1.50 bits per heavy atom. The summed E-state index contributed by atoms with van der Waals surface area (Å²) in [5, 5.41) is 24.2. The fourth-order valence-corrected chi connectivity index (χ4v) is 6.25. The standard InChI is InChI=1S/C25H26O6Si/c1-18(26)29-24(28)21-16-10-11-17-22(21)30-25(23(24)27,19-12-6-4-7-13-19)31-32(2,3)20-14-8-5-9-15-20/h4-17,23,27-28H,1-3H3. The zero-order valence-electron chi connectivity index (χ0n) is 18.2. The normalized spacial score (nSPS) is 24.8. The van der Waals surface area contributed by atoms with E-state index in [0.29, 0.717) is 5.56 Å². The molecule has 3 atom stereocenters. The van der Waals surface area contributed by atoms with Crippen LogP contribution in [0, 0.1) is 0 Å². The first-order chi connectivity index (χ1) is 15.2. The first-order valence-corrected chi connectivity index (χ1v) is 13.3. The fraction of sp³-hybridized carbons (Fsp3) is 0.240. The number of carbonyl (C=O) groups is 1. The number of aliphatic hydroxyl groups excluding tert-OH is 1. The summed E-state index contributed by atoms with van der Waals surface area (Å²) in [6.45, 7) is 5.14. The molecule has 3 aromatic carbocycles. The van der Waals surface area contributed by atoms with Gasteiger partial charge in [0.1, 0.15) is 5.75 Å². The third-order valence-corrected chi connectivity index (χ3v) is 8.15. The van der Waals surface area contributed by atoms with Gasteiger partial charge in [0.2, 0.25) is 8.32 Å². The summed E-state index contributed by atoms with van der Waals surface area (Å²) in [7, 11) is -2.72. The number of fused-ring (bicyclic) bond motifs is 1. The molecule has 0 spiro atoms. The second-order valence-electron chi connectivity index (χ2n) is 8.30. The quantitative estimate of drug-likeness (QED) is 0.353. The maximum absolute atomic E-state index is 12.0. The zero-order chi connectivity index (χ0) is 23.0. The maximum atomic E-state index is 12.0. The van der Waals surface area contributed by atoms with Crippen molar-refractivity contribution in [3.05, 3.63) is 96.1 Å². The molecule has 3 unspecified atom stereocenters. The number of carbonyl (C=O) groups excluding carboxylic acids is 1. The van der Waals surface area contributed by atoms with Crippen LogP contribution in [0.2, 0.25) is 13.1 Å². The molecule has 3 aromatic rings. The summed E-state index contributed by atoms with van der Waals surface area (Å²) in [6, 6.07) is 25.2. The van der Waals surface area contributed by atoms with E-state index in [9.17, 15) is 15.0 Å². The second kappa shape index (κ2) is 8.18. The van der Waals surface area contributed by atoms with Crippen molar-refractivity contribution in [2.75, 3.05) is 0 Å². The van der Waals surface area contributed by atoms with Crippen LogP contribution in [0.4, 0.5) is 0 Å². The summed E-state index contributed by atoms with van der Waals surface area (Å²) in [4.78, 5) is 12.0. The molecular formula is C25H26O6Si. The highest BCUT2D eigenvalue weighted by molar-refractivity contribution is 6.84. The van der Waals surface area contributed by atoms with E-state index in [0.717, 1.165) is 5.19 Å². The van der Waals surface area contributed by atoms with Crippen molar-refractivity contribution in [1.29, 1.82) is 0 Å². The van der Waals surface area contributed by atoms with E-state index < -0.39 is 32.0 Å². The molecule has 1 heterocycles. The Labute approximate surface area is 188 Å². The molecule has 0 bridgehead atoms. The van der Waals surface area contributed by atoms with Crippen LogP contribution in [0.5, 0.6) is 5.75 Å². The molecule has 7 heteroatoms. The Morgan fingerprint density at radius 3 is 2.12 bits per heavy atom. The van der Waals surface area contributed by atoms with Crippen LogP contribution >= 0.6 is 0 Å². The smallest absolute Gasteiger partial charge is 0.305 e. The van der Waals surface area contributed by atoms with Gasteiger partial charge in [0.05, 0.1) is 5.56 Å². The van der Waals surface area contributed by atoms with E-state index in [1.165, 1.54) is 6.92 Å². The predicted octanol–water partition coefficient (Wildman–Crippen LogP) is 3.13. The number of ether oxygens (including phenoxy) is 2. The number of hydrogen-bond donors (Lipinski definition) is 2. The first-order valence-electron chi connectivity index (χ1n) is 10.4. The Morgan fingerprint density at radius 1 is 0.938 bits per heavy atom. The molecule has 0 saturated carbocycles. The van der Waals surface area contributed by atoms with Gasteiger partial charge < -0.3 is 24.1 Å². The fourth-order valence-electron chi connectivity index (χ4n) is 4.11. The van der Waals surface area contributed by atoms with E-state index in [1.54, 1.807) is 48.5 Å². The molecule has 0 radical (unpaired) electrons. The third kappa shape index (κ3) is 3.73. The van der Waals surface area contributed by atoms with Gasteiger partial charge >= 0.3 is 5.97 Å². The van der Waals surface area contributed by atoms with Gasteiger partial charge in [-0.25, -0.2) is 0 Å². The summed E-state index contributed by atoms with van der Waals surface area (Å²) < 4.78 is 18.4. The number of benzene rings is 3. The maximum Gasteiger partial charge on any atom is 0.305 e. The van der Waals surface area contributed by atoms with Crippen molar-refractivity contribution in [2.24, 2.45) is 0 Å². The Balaban J connectivity index is 1.93. The average molecular weight is 451 g/mol. The third-order valence-electron chi connectivity index (χ3n) is 5.62. The summed E-state index contributed by atoms with van der Waals surface area (Å²) in [6.07, 6.45) is -1.77. The van der Waals surface area contributed by atoms with Crippen LogP contribution in [-0.4, -0.2) is 30.6 Å². The lowest BCUT2D eigenvalue weighted by Gasteiger charge is -2.50. The lowest BCUT2D eigenvalue weighted by Crippen LogP contribution is -2.66. The molecular weight excluding hydrogens is 424 g/mol. The second-order valence-corrected chi connectivity index (χ2v) is 12.1. The van der Waals surface area contributed by atoms with Gasteiger partial charge in [0, 0.05) is 12.5 Å². The minimum atomic E-state index is -2.72. The van der Waals surface area contributed by atoms with Crippen molar-refractivity contribution >= 4 is 19.5 Å². The minimum absolute atomic E-state index is 0.150. The molecule has 4 rings (SSSR count). The van der Waals surface area contributed by atoms with Crippen molar-refractivity contribution in [1.82, 2.24) is 0 Å². The van der Waals surface area contributed by atoms with Crippen molar-refractivity contribution in [2.45, 2.75) is 37.7 Å². The van der Waals surface area contributed by atoms with Crippen LogP contribution < -0.4 is 9.92 Å². The zero-order valence-corrected chi connectivity index (χ0v) is 19.2.